The summed E-state index contributed by atoms with van der Waals surface area (Å²) in [7, 11) is 1.51. The van der Waals surface area contributed by atoms with Gasteiger partial charge in [0.25, 0.3) is 0 Å². The van der Waals surface area contributed by atoms with E-state index in [1.807, 2.05) is 0 Å². The van der Waals surface area contributed by atoms with E-state index in [1.54, 1.807) is 36.4 Å². The van der Waals surface area contributed by atoms with E-state index in [2.05, 4.69) is 10.1 Å². The second-order valence-electron chi connectivity index (χ2n) is 6.38. The summed E-state index contributed by atoms with van der Waals surface area (Å²) in [5.41, 5.74) is 1.00. The molecule has 0 bridgehead atoms. The molecule has 0 N–H and O–H groups in total. The number of aromatic nitrogens is 2. The molecule has 1 aromatic heterocycles. The Morgan fingerprint density at radius 3 is 2.72 bits per heavy atom. The molecule has 148 valence electrons. The number of halogens is 1. The smallest absolute Gasteiger partial charge is 0.316 e. The minimum atomic E-state index is -0.673. The van der Waals surface area contributed by atoms with Gasteiger partial charge in [-0.25, -0.2) is 4.39 Å². The average Bonchev–Trinajstić information content (AvgIpc) is 3.20. The highest BCUT2D eigenvalue weighted by Crippen LogP contribution is 2.29. The molecule has 0 atom stereocenters. The van der Waals surface area contributed by atoms with E-state index in [1.165, 1.54) is 29.0 Å². The molecule has 0 radical (unpaired) electrons. The third-order valence-electron chi connectivity index (χ3n) is 4.56. The molecule has 1 aliphatic rings. The number of nitrogens with zero attached hydrogens (tertiary/aromatic N) is 4. The molecule has 0 unspecified atom stereocenters. The van der Waals surface area contributed by atoms with Gasteiger partial charge in [-0.15, -0.1) is 0 Å². The van der Waals surface area contributed by atoms with Crippen molar-refractivity contribution in [2.45, 2.75) is 6.54 Å². The number of methoxy groups -OCH3 is 1. The van der Waals surface area contributed by atoms with E-state index < -0.39 is 17.6 Å². The van der Waals surface area contributed by atoms with E-state index in [0.29, 0.717) is 30.1 Å². The number of hydrogen-bond donors (Lipinski definition) is 0. The van der Waals surface area contributed by atoms with Gasteiger partial charge < -0.3 is 14.2 Å². The summed E-state index contributed by atoms with van der Waals surface area (Å²) < 4.78 is 23.8. The summed E-state index contributed by atoms with van der Waals surface area (Å²) in [6, 6.07) is 12.8. The van der Waals surface area contributed by atoms with E-state index in [0.717, 1.165) is 0 Å². The fourth-order valence-electron chi connectivity index (χ4n) is 3.14. The quantitative estimate of drug-likeness (QED) is 0.615. The molecule has 9 heteroatoms. The van der Waals surface area contributed by atoms with Crippen molar-refractivity contribution in [3.05, 3.63) is 60.2 Å². The van der Waals surface area contributed by atoms with Crippen molar-refractivity contribution in [3.63, 3.8) is 0 Å². The number of ether oxygens (including phenoxy) is 1. The van der Waals surface area contributed by atoms with Crippen molar-refractivity contribution in [2.24, 2.45) is 0 Å². The number of amides is 2. The van der Waals surface area contributed by atoms with E-state index in [9.17, 15) is 14.0 Å². The Morgan fingerprint density at radius 2 is 1.93 bits per heavy atom. The average molecular weight is 396 g/mol. The highest BCUT2D eigenvalue weighted by Gasteiger charge is 2.35. The first-order chi connectivity index (χ1) is 14.1. The minimum Gasteiger partial charge on any atom is -0.495 e. The lowest BCUT2D eigenvalue weighted by Gasteiger charge is -2.33. The van der Waals surface area contributed by atoms with E-state index in [4.69, 9.17) is 9.26 Å². The molecule has 29 heavy (non-hydrogen) atoms. The van der Waals surface area contributed by atoms with Crippen molar-refractivity contribution in [1.29, 1.82) is 0 Å². The van der Waals surface area contributed by atoms with Crippen molar-refractivity contribution in [2.75, 3.05) is 25.1 Å². The van der Waals surface area contributed by atoms with Crippen LogP contribution in [0.2, 0.25) is 0 Å². The number of hydrogen-bond acceptors (Lipinski definition) is 6. The molecular formula is C20H17FN4O4. The Balaban J connectivity index is 1.48. The van der Waals surface area contributed by atoms with Gasteiger partial charge in [0.2, 0.25) is 11.7 Å². The summed E-state index contributed by atoms with van der Waals surface area (Å²) in [5.74, 6) is -0.860. The molecule has 2 amide bonds. The number of carbonyl (C=O) groups is 2. The zero-order valence-corrected chi connectivity index (χ0v) is 15.5. The monoisotopic (exact) mass is 396 g/mol. The topological polar surface area (TPSA) is 88.8 Å². The summed E-state index contributed by atoms with van der Waals surface area (Å²) >= 11 is 0. The Hall–Kier alpha value is -3.75. The zero-order valence-electron chi connectivity index (χ0n) is 15.5. The van der Waals surface area contributed by atoms with Gasteiger partial charge in [-0.1, -0.05) is 29.4 Å². The normalized spacial score (nSPS) is 14.4. The Labute approximate surface area is 165 Å². The van der Waals surface area contributed by atoms with Crippen LogP contribution in [0.25, 0.3) is 11.4 Å². The molecule has 4 rings (SSSR count). The van der Waals surface area contributed by atoms with Crippen molar-refractivity contribution < 1.29 is 23.2 Å². The number of anilines is 1. The first-order valence-electron chi connectivity index (χ1n) is 8.89. The lowest BCUT2D eigenvalue weighted by molar-refractivity contribution is -0.146. The number of rotatable bonds is 5. The third-order valence-corrected chi connectivity index (χ3v) is 4.56. The van der Waals surface area contributed by atoms with Crippen molar-refractivity contribution in [1.82, 2.24) is 15.0 Å². The standard InChI is InChI=1S/C20H17FN4O4/c1-28-16-8-3-2-7-15(16)25-10-9-24(19(26)20(25)27)12-17-22-18(23-29-17)13-5-4-6-14(21)11-13/h2-8,11H,9-10,12H2,1H3. The molecule has 1 fully saturated rings. The molecule has 8 nitrogen and oxygen atoms in total. The SMILES string of the molecule is COc1ccccc1N1CCN(Cc2nc(-c3cccc(F)c3)no2)C(=O)C1=O. The Kier molecular flexibility index (Phi) is 4.94. The van der Waals surface area contributed by atoms with Crippen LogP contribution in [0.15, 0.2) is 53.1 Å². The molecule has 0 aliphatic carbocycles. The summed E-state index contributed by atoms with van der Waals surface area (Å²) in [6.45, 7) is 0.586. The van der Waals surface area contributed by atoms with E-state index >= 15 is 0 Å². The van der Waals surface area contributed by atoms with Gasteiger partial charge in [0.15, 0.2) is 0 Å². The highest BCUT2D eigenvalue weighted by atomic mass is 19.1. The van der Waals surface area contributed by atoms with Crippen LogP contribution in [0, 0.1) is 5.82 Å². The first-order valence-corrected chi connectivity index (χ1v) is 8.89. The third kappa shape index (κ3) is 3.66. The van der Waals surface area contributed by atoms with Crippen LogP contribution in [0.1, 0.15) is 5.89 Å². The van der Waals surface area contributed by atoms with Crippen LogP contribution in [-0.2, 0) is 16.1 Å². The van der Waals surface area contributed by atoms with Gasteiger partial charge in [0.05, 0.1) is 12.8 Å². The summed E-state index contributed by atoms with van der Waals surface area (Å²) in [6.07, 6.45) is 0. The fourth-order valence-corrected chi connectivity index (χ4v) is 3.14. The zero-order chi connectivity index (χ0) is 20.4. The maximum atomic E-state index is 13.4. The van der Waals surface area contributed by atoms with Gasteiger partial charge >= 0.3 is 11.8 Å². The number of para-hydroxylation sites is 2. The van der Waals surface area contributed by atoms with Gasteiger partial charge in [-0.2, -0.15) is 4.98 Å². The number of benzene rings is 2. The molecule has 1 aliphatic heterocycles. The molecule has 2 aromatic carbocycles. The predicted molar refractivity (Wildman–Crippen MR) is 100 cm³/mol. The molecule has 2 heterocycles. The lowest BCUT2D eigenvalue weighted by atomic mass is 10.2. The van der Waals surface area contributed by atoms with Gasteiger partial charge in [-0.3, -0.25) is 14.5 Å². The maximum absolute atomic E-state index is 13.4. The lowest BCUT2D eigenvalue weighted by Crippen LogP contribution is -2.54. The Bertz CT molecular complexity index is 1070. The van der Waals surface area contributed by atoms with Gasteiger partial charge in [0.1, 0.15) is 18.1 Å². The van der Waals surface area contributed by atoms with Crippen LogP contribution in [0.3, 0.4) is 0 Å². The summed E-state index contributed by atoms with van der Waals surface area (Å²) in [4.78, 5) is 32.2. The van der Waals surface area contributed by atoms with Gasteiger partial charge in [0, 0.05) is 18.7 Å². The van der Waals surface area contributed by atoms with Crippen LogP contribution in [0.5, 0.6) is 5.75 Å². The van der Waals surface area contributed by atoms with E-state index in [-0.39, 0.29) is 18.3 Å². The molecule has 3 aromatic rings. The van der Waals surface area contributed by atoms with Gasteiger partial charge in [-0.05, 0) is 24.3 Å². The van der Waals surface area contributed by atoms with Crippen LogP contribution in [-0.4, -0.2) is 47.1 Å². The van der Waals surface area contributed by atoms with Crippen molar-refractivity contribution >= 4 is 17.5 Å². The first kappa shape index (κ1) is 18.6. The molecule has 1 saturated heterocycles. The summed E-state index contributed by atoms with van der Waals surface area (Å²) in [5, 5.41) is 3.82. The molecule has 0 saturated carbocycles. The highest BCUT2D eigenvalue weighted by molar-refractivity contribution is 6.41. The molecular weight excluding hydrogens is 379 g/mol. The van der Waals surface area contributed by atoms with Crippen molar-refractivity contribution in [3.8, 4) is 17.1 Å². The molecule has 0 spiro atoms. The maximum Gasteiger partial charge on any atom is 0.316 e. The largest absolute Gasteiger partial charge is 0.495 e. The Morgan fingerprint density at radius 1 is 1.10 bits per heavy atom. The number of carbonyl (C=O) groups excluding carboxylic acids is 2. The minimum absolute atomic E-state index is 0.00729. The predicted octanol–water partition coefficient (Wildman–Crippen LogP) is 2.26. The number of piperazine rings is 1. The second-order valence-corrected chi connectivity index (χ2v) is 6.38. The van der Waals surface area contributed by atoms with Crippen LogP contribution < -0.4 is 9.64 Å². The van der Waals surface area contributed by atoms with Crippen LogP contribution >= 0.6 is 0 Å². The fraction of sp³-hybridized carbons (Fsp3) is 0.200. The van der Waals surface area contributed by atoms with Crippen LogP contribution in [0.4, 0.5) is 10.1 Å². The second kappa shape index (κ2) is 7.70.